The predicted molar refractivity (Wildman–Crippen MR) is 134 cm³/mol. The Labute approximate surface area is 249 Å². The molecule has 20 heteroatoms. The minimum absolute atomic E-state index is 0.162. The molecule has 0 unspecified atom stereocenters. The van der Waals surface area contributed by atoms with Crippen molar-refractivity contribution in [3.8, 4) is 0 Å². The van der Waals surface area contributed by atoms with E-state index in [-0.39, 0.29) is 5.82 Å². The van der Waals surface area contributed by atoms with Gasteiger partial charge in [0.05, 0.1) is 12.7 Å². The average molecular weight is 676 g/mol. The van der Waals surface area contributed by atoms with Gasteiger partial charge < -0.3 is 25.0 Å². The van der Waals surface area contributed by atoms with E-state index in [1.165, 1.54) is 38.0 Å². The van der Waals surface area contributed by atoms with Crippen LogP contribution in [-0.2, 0) is 25.7 Å². The number of rotatable bonds is 5. The third-order valence-electron chi connectivity index (χ3n) is 6.44. The van der Waals surface area contributed by atoms with Crippen molar-refractivity contribution in [3.63, 3.8) is 0 Å². The quantitative estimate of drug-likeness (QED) is 0.398. The largest absolute Gasteiger partial charge is 0.490 e. The molecule has 0 bridgehead atoms. The molecule has 0 aromatic heterocycles. The Balaban J connectivity index is 0.000000396. The number of halogens is 10. The number of carbonyl (C=O) groups is 3. The lowest BCUT2D eigenvalue weighted by Crippen LogP contribution is -2.52. The van der Waals surface area contributed by atoms with Crippen molar-refractivity contribution in [2.45, 2.75) is 50.1 Å². The van der Waals surface area contributed by atoms with Gasteiger partial charge in [0, 0.05) is 45.3 Å². The number of hydrogen-bond acceptors (Lipinski definition) is 7. The van der Waals surface area contributed by atoms with E-state index in [9.17, 15) is 43.9 Å². The molecule has 258 valence electrons. The first-order valence-electron chi connectivity index (χ1n) is 13.1. The molecule has 0 radical (unpaired) electrons. The molecule has 3 heterocycles. The number of alkyl halides is 9. The summed E-state index contributed by atoms with van der Waals surface area (Å²) in [7, 11) is 0. The number of aliphatic carboxylic acids is 3. The van der Waals surface area contributed by atoms with Crippen LogP contribution in [0.5, 0.6) is 0 Å². The molecule has 2 atom stereocenters. The first kappa shape index (κ1) is 39.8. The zero-order valence-corrected chi connectivity index (χ0v) is 23.3. The fourth-order valence-electron chi connectivity index (χ4n) is 4.37. The molecule has 0 aliphatic carbocycles. The lowest BCUT2D eigenvalue weighted by Gasteiger charge is -2.37. The number of fused-ring (bicyclic) bond motifs is 1. The summed E-state index contributed by atoms with van der Waals surface area (Å²) in [5.74, 6) is -8.43. The summed E-state index contributed by atoms with van der Waals surface area (Å²) in [4.78, 5) is 34.4. The lowest BCUT2D eigenvalue weighted by molar-refractivity contribution is -0.193. The Hall–Kier alpha value is -3.23. The average Bonchev–Trinajstić information content (AvgIpc) is 3.58. The molecule has 0 saturated carbocycles. The summed E-state index contributed by atoms with van der Waals surface area (Å²) in [6.07, 6.45) is -12.2. The van der Waals surface area contributed by atoms with Gasteiger partial charge >= 0.3 is 36.4 Å². The summed E-state index contributed by atoms with van der Waals surface area (Å²) < 4.78 is 114. The maximum Gasteiger partial charge on any atom is 0.490 e. The molecular formula is C25H31F10N3O7. The number of benzene rings is 1. The van der Waals surface area contributed by atoms with Crippen LogP contribution in [0.4, 0.5) is 43.9 Å². The first-order valence-corrected chi connectivity index (χ1v) is 13.1. The van der Waals surface area contributed by atoms with E-state index in [1.807, 2.05) is 12.1 Å². The van der Waals surface area contributed by atoms with Crippen molar-refractivity contribution in [3.05, 3.63) is 35.6 Å². The Bertz CT molecular complexity index is 1020. The standard InChI is InChI=1S/C19H28FN3O.3C2HF3O2/c20-17-5-3-16(4-6-17)13-22-14-18-19(15-22)24-12-11-23(18)10-9-21-7-1-2-8-21;3*3-2(4,5)1(6)7/h3-6,18-19H,1-2,7-15H2;3*(H,6,7)/t18-,19+;;;/m1.../s1. The zero-order valence-electron chi connectivity index (χ0n) is 23.3. The molecule has 1 aromatic rings. The van der Waals surface area contributed by atoms with Crippen molar-refractivity contribution in [2.75, 3.05) is 52.4 Å². The Kier molecular flexibility index (Phi) is 15.4. The fraction of sp³-hybridized carbons (Fsp3) is 0.640. The van der Waals surface area contributed by atoms with Gasteiger partial charge in [-0.15, -0.1) is 0 Å². The zero-order chi connectivity index (χ0) is 34.6. The summed E-state index contributed by atoms with van der Waals surface area (Å²) >= 11 is 0. The summed E-state index contributed by atoms with van der Waals surface area (Å²) in [6.45, 7) is 9.74. The number of ether oxygens (including phenoxy) is 1. The SMILES string of the molecule is Fc1ccc(CN2C[C@@H]3OCCN(CCN4CCCC4)[C@@H]3C2)cc1.O=C(O)C(F)(F)F.O=C(O)C(F)(F)F.O=C(O)C(F)(F)F. The van der Waals surface area contributed by atoms with Gasteiger partial charge in [-0.3, -0.25) is 9.80 Å². The highest BCUT2D eigenvalue weighted by molar-refractivity contribution is 5.73. The molecule has 0 spiro atoms. The van der Waals surface area contributed by atoms with E-state index >= 15 is 0 Å². The second-order valence-corrected chi connectivity index (χ2v) is 9.79. The number of morpholine rings is 1. The summed E-state index contributed by atoms with van der Waals surface area (Å²) in [5, 5.41) is 21.4. The Morgan fingerprint density at radius 2 is 1.16 bits per heavy atom. The van der Waals surface area contributed by atoms with Crippen molar-refractivity contribution in [2.24, 2.45) is 0 Å². The monoisotopic (exact) mass is 675 g/mol. The molecule has 4 rings (SSSR count). The molecular weight excluding hydrogens is 644 g/mol. The molecule has 0 amide bonds. The molecule has 1 aromatic carbocycles. The van der Waals surface area contributed by atoms with Gasteiger partial charge in [-0.2, -0.15) is 39.5 Å². The topological polar surface area (TPSA) is 131 Å². The van der Waals surface area contributed by atoms with Crippen LogP contribution in [0, 0.1) is 5.82 Å². The van der Waals surface area contributed by atoms with E-state index in [0.29, 0.717) is 12.1 Å². The molecule has 10 nitrogen and oxygen atoms in total. The van der Waals surface area contributed by atoms with Gasteiger partial charge in [0.15, 0.2) is 0 Å². The Morgan fingerprint density at radius 1 is 0.711 bits per heavy atom. The van der Waals surface area contributed by atoms with Crippen molar-refractivity contribution >= 4 is 17.9 Å². The fourth-order valence-corrected chi connectivity index (χ4v) is 4.37. The van der Waals surface area contributed by atoms with Gasteiger partial charge in [0.2, 0.25) is 0 Å². The van der Waals surface area contributed by atoms with Crippen LogP contribution in [0.15, 0.2) is 24.3 Å². The van der Waals surface area contributed by atoms with Crippen LogP contribution in [0.3, 0.4) is 0 Å². The highest BCUT2D eigenvalue weighted by Crippen LogP contribution is 2.24. The molecule has 3 saturated heterocycles. The molecule has 3 fully saturated rings. The maximum absolute atomic E-state index is 13.1. The van der Waals surface area contributed by atoms with Gasteiger partial charge in [0.1, 0.15) is 5.82 Å². The van der Waals surface area contributed by atoms with Crippen molar-refractivity contribution < 1.29 is 78.3 Å². The minimum Gasteiger partial charge on any atom is -0.475 e. The highest BCUT2D eigenvalue weighted by Gasteiger charge is 2.41. The van der Waals surface area contributed by atoms with Crippen LogP contribution >= 0.6 is 0 Å². The molecule has 3 aliphatic heterocycles. The van der Waals surface area contributed by atoms with Crippen molar-refractivity contribution in [1.29, 1.82) is 0 Å². The van der Waals surface area contributed by atoms with Crippen molar-refractivity contribution in [1.82, 2.24) is 14.7 Å². The van der Waals surface area contributed by atoms with Crippen LogP contribution in [-0.4, -0.2) is 131 Å². The lowest BCUT2D eigenvalue weighted by atomic mass is 10.1. The number of hydrogen-bond donors (Lipinski definition) is 3. The maximum atomic E-state index is 13.1. The highest BCUT2D eigenvalue weighted by atomic mass is 19.4. The third-order valence-corrected chi connectivity index (χ3v) is 6.44. The first-order chi connectivity index (χ1) is 20.6. The smallest absolute Gasteiger partial charge is 0.475 e. The minimum atomic E-state index is -5.08. The predicted octanol–water partition coefficient (Wildman–Crippen LogP) is 3.71. The van der Waals surface area contributed by atoms with E-state index in [4.69, 9.17) is 34.4 Å². The summed E-state index contributed by atoms with van der Waals surface area (Å²) in [6, 6.07) is 7.41. The van der Waals surface area contributed by atoms with E-state index in [2.05, 4.69) is 14.7 Å². The van der Waals surface area contributed by atoms with E-state index < -0.39 is 36.4 Å². The molecule has 3 aliphatic rings. The van der Waals surface area contributed by atoms with Gasteiger partial charge in [-0.25, -0.2) is 18.8 Å². The molecule has 45 heavy (non-hydrogen) atoms. The van der Waals surface area contributed by atoms with E-state index in [1.54, 1.807) is 12.1 Å². The second kappa shape index (κ2) is 17.5. The van der Waals surface area contributed by atoms with Crippen LogP contribution in [0.25, 0.3) is 0 Å². The van der Waals surface area contributed by atoms with Crippen LogP contribution in [0.1, 0.15) is 18.4 Å². The number of carboxylic acid groups (broad SMARTS) is 3. The number of carboxylic acids is 3. The van der Waals surface area contributed by atoms with Crippen LogP contribution in [0.2, 0.25) is 0 Å². The normalized spacial score (nSPS) is 20.8. The van der Waals surface area contributed by atoms with Gasteiger partial charge in [-0.05, 0) is 43.6 Å². The van der Waals surface area contributed by atoms with Gasteiger partial charge in [-0.1, -0.05) is 12.1 Å². The van der Waals surface area contributed by atoms with Gasteiger partial charge in [0.25, 0.3) is 0 Å². The number of likely N-dealkylation sites (tertiary alicyclic amines) is 2. The van der Waals surface area contributed by atoms with E-state index in [0.717, 1.165) is 39.3 Å². The number of nitrogens with zero attached hydrogens (tertiary/aromatic N) is 3. The second-order valence-electron chi connectivity index (χ2n) is 9.79. The van der Waals surface area contributed by atoms with Crippen LogP contribution < -0.4 is 0 Å². The Morgan fingerprint density at radius 3 is 1.58 bits per heavy atom. The molecule has 3 N–H and O–H groups in total. The summed E-state index contributed by atoms with van der Waals surface area (Å²) in [5.41, 5.74) is 1.18. The third kappa shape index (κ3) is 15.6.